The van der Waals surface area contributed by atoms with Gasteiger partial charge in [-0.15, -0.1) is 10.2 Å². The number of ether oxygens (including phenoxy) is 1. The highest BCUT2D eigenvalue weighted by molar-refractivity contribution is 8.00. The first-order chi connectivity index (χ1) is 19.2. The third-order valence-electron chi connectivity index (χ3n) is 6.26. The van der Waals surface area contributed by atoms with E-state index in [9.17, 15) is 4.79 Å². The second-order valence-electron chi connectivity index (χ2n) is 8.71. The summed E-state index contributed by atoms with van der Waals surface area (Å²) in [7, 11) is 1.65. The maximum Gasteiger partial charge on any atom is 0.242 e. The van der Waals surface area contributed by atoms with Gasteiger partial charge in [-0.2, -0.15) is 0 Å². The van der Waals surface area contributed by atoms with Gasteiger partial charge in [0.1, 0.15) is 5.75 Å². The van der Waals surface area contributed by atoms with Crippen molar-refractivity contribution in [3.8, 4) is 11.4 Å². The van der Waals surface area contributed by atoms with Crippen molar-refractivity contribution < 1.29 is 9.53 Å². The van der Waals surface area contributed by atoms with Gasteiger partial charge in [-0.05, 0) is 60.7 Å². The fourth-order valence-corrected chi connectivity index (χ4v) is 6.28. The number of carbonyl (C=O) groups is 1. The summed E-state index contributed by atoms with van der Waals surface area (Å²) in [6, 6.07) is 33.7. The van der Waals surface area contributed by atoms with Crippen molar-refractivity contribution in [2.45, 2.75) is 21.5 Å². The molecule has 0 unspecified atom stereocenters. The van der Waals surface area contributed by atoms with Crippen LogP contribution in [0.2, 0.25) is 0 Å². The lowest BCUT2D eigenvalue weighted by Crippen LogP contribution is -2.30. The Labute approximate surface area is 235 Å². The number of amides is 1. The van der Waals surface area contributed by atoms with Crippen LogP contribution < -0.4 is 15.0 Å². The lowest BCUT2D eigenvalue weighted by molar-refractivity contribution is -0.115. The van der Waals surface area contributed by atoms with Crippen LogP contribution in [0.1, 0.15) is 5.82 Å². The third-order valence-corrected chi connectivity index (χ3v) is 8.31. The molecule has 2 heterocycles. The number of hydrogen-bond acceptors (Lipinski definition) is 7. The molecule has 6 rings (SSSR count). The molecule has 4 aromatic carbocycles. The van der Waals surface area contributed by atoms with Gasteiger partial charge >= 0.3 is 0 Å². The molecular formula is C30H25N5O2S2. The number of thioether (sulfide) groups is 1. The highest BCUT2D eigenvalue weighted by Gasteiger charge is 2.28. The van der Waals surface area contributed by atoms with E-state index in [2.05, 4.69) is 27.6 Å². The van der Waals surface area contributed by atoms with Crippen molar-refractivity contribution in [2.75, 3.05) is 23.1 Å². The van der Waals surface area contributed by atoms with Gasteiger partial charge in [0.05, 0.1) is 30.8 Å². The zero-order valence-electron chi connectivity index (χ0n) is 21.2. The number of methoxy groups -OCH3 is 1. The molecular weight excluding hydrogens is 526 g/mol. The summed E-state index contributed by atoms with van der Waals surface area (Å²) in [5, 5.41) is 13.0. The Bertz CT molecular complexity index is 1560. The van der Waals surface area contributed by atoms with Crippen LogP contribution in [0.3, 0.4) is 0 Å². The van der Waals surface area contributed by atoms with Gasteiger partial charge < -0.3 is 10.1 Å². The van der Waals surface area contributed by atoms with Crippen LogP contribution in [0, 0.1) is 0 Å². The second-order valence-corrected chi connectivity index (χ2v) is 10.7. The molecule has 39 heavy (non-hydrogen) atoms. The van der Waals surface area contributed by atoms with Crippen molar-refractivity contribution >= 4 is 46.5 Å². The van der Waals surface area contributed by atoms with E-state index in [0.29, 0.717) is 11.7 Å². The number of rotatable bonds is 8. The quantitative estimate of drug-likeness (QED) is 0.212. The number of nitrogens with one attached hydrogen (secondary N) is 1. The number of benzene rings is 4. The van der Waals surface area contributed by atoms with E-state index in [0.717, 1.165) is 44.1 Å². The number of nitrogens with zero attached hydrogens (tertiary/aromatic N) is 4. The Hall–Kier alpha value is -4.21. The molecule has 1 amide bonds. The van der Waals surface area contributed by atoms with Gasteiger partial charge in [-0.1, -0.05) is 66.0 Å². The number of carbonyl (C=O) groups excluding carboxylic acids is 1. The average Bonchev–Trinajstić information content (AvgIpc) is 3.41. The van der Waals surface area contributed by atoms with E-state index in [1.54, 1.807) is 18.9 Å². The molecule has 0 saturated carbocycles. The zero-order chi connectivity index (χ0) is 26.6. The van der Waals surface area contributed by atoms with Crippen molar-refractivity contribution in [1.82, 2.24) is 14.8 Å². The lowest BCUT2D eigenvalue weighted by Gasteiger charge is -2.30. The van der Waals surface area contributed by atoms with Gasteiger partial charge in [0.2, 0.25) is 5.91 Å². The largest absolute Gasteiger partial charge is 0.497 e. The number of anilines is 3. The van der Waals surface area contributed by atoms with Gasteiger partial charge in [-0.25, -0.2) is 0 Å². The Morgan fingerprint density at radius 2 is 1.49 bits per heavy atom. The molecule has 1 aliphatic heterocycles. The molecule has 1 aliphatic rings. The summed E-state index contributed by atoms with van der Waals surface area (Å²) in [6.45, 7) is 0.465. The van der Waals surface area contributed by atoms with E-state index < -0.39 is 0 Å². The summed E-state index contributed by atoms with van der Waals surface area (Å²) in [5.41, 5.74) is 3.69. The monoisotopic (exact) mass is 551 g/mol. The Balaban J connectivity index is 1.25. The number of hydrogen-bond donors (Lipinski definition) is 1. The fraction of sp³-hybridized carbons (Fsp3) is 0.100. The van der Waals surface area contributed by atoms with Crippen molar-refractivity contribution in [3.63, 3.8) is 0 Å². The second kappa shape index (κ2) is 11.3. The molecule has 0 aliphatic carbocycles. The first-order valence-corrected chi connectivity index (χ1v) is 14.2. The standard InChI is InChI=1S/C30H25N5O2S2/c1-37-23-17-15-21(16-18-23)31-19-28-32-33-30(34(28)22-9-3-2-4-10-22)38-20-29(36)35-24-11-5-7-13-26(24)39-27-14-8-6-12-25(27)35/h2-18,31H,19-20H2,1H3. The number of aromatic nitrogens is 3. The molecule has 0 atom stereocenters. The third kappa shape index (κ3) is 5.23. The molecule has 0 fully saturated rings. The minimum absolute atomic E-state index is 0.0132. The van der Waals surface area contributed by atoms with E-state index in [-0.39, 0.29) is 11.7 Å². The maximum absolute atomic E-state index is 13.7. The van der Waals surface area contributed by atoms with Crippen LogP contribution in [0.25, 0.3) is 5.69 Å². The molecule has 1 N–H and O–H groups in total. The minimum Gasteiger partial charge on any atom is -0.497 e. The predicted molar refractivity (Wildman–Crippen MR) is 157 cm³/mol. The first kappa shape index (κ1) is 25.1. The lowest BCUT2D eigenvalue weighted by atomic mass is 10.2. The van der Waals surface area contributed by atoms with E-state index >= 15 is 0 Å². The van der Waals surface area contributed by atoms with E-state index in [1.807, 2.05) is 100 Å². The maximum atomic E-state index is 13.7. The summed E-state index contributed by atoms with van der Waals surface area (Å²) in [5.74, 6) is 1.75. The molecule has 0 saturated heterocycles. The molecule has 7 nitrogen and oxygen atoms in total. The molecule has 1 aromatic heterocycles. The van der Waals surface area contributed by atoms with Gasteiger partial charge in [-0.3, -0.25) is 14.3 Å². The van der Waals surface area contributed by atoms with Crippen LogP contribution in [0.4, 0.5) is 17.1 Å². The van der Waals surface area contributed by atoms with Gasteiger partial charge in [0.15, 0.2) is 11.0 Å². The van der Waals surface area contributed by atoms with Crippen molar-refractivity contribution in [3.05, 3.63) is 109 Å². The topological polar surface area (TPSA) is 72.3 Å². The molecule has 194 valence electrons. The Morgan fingerprint density at radius 1 is 0.846 bits per heavy atom. The fourth-order valence-electron chi connectivity index (χ4n) is 4.40. The van der Waals surface area contributed by atoms with Crippen LogP contribution in [0.5, 0.6) is 5.75 Å². The smallest absolute Gasteiger partial charge is 0.242 e. The number of fused-ring (bicyclic) bond motifs is 2. The van der Waals surface area contributed by atoms with Crippen LogP contribution >= 0.6 is 23.5 Å². The van der Waals surface area contributed by atoms with E-state index in [1.165, 1.54) is 11.8 Å². The molecule has 9 heteroatoms. The van der Waals surface area contributed by atoms with Crippen LogP contribution in [-0.4, -0.2) is 33.5 Å². The van der Waals surface area contributed by atoms with Crippen molar-refractivity contribution in [1.29, 1.82) is 0 Å². The molecule has 0 spiro atoms. The normalized spacial score (nSPS) is 12.0. The zero-order valence-corrected chi connectivity index (χ0v) is 22.8. The summed E-state index contributed by atoms with van der Waals surface area (Å²) < 4.78 is 7.25. The Morgan fingerprint density at radius 3 is 2.15 bits per heavy atom. The SMILES string of the molecule is COc1ccc(NCc2nnc(SCC(=O)N3c4ccccc4Sc4ccccc43)n2-c2ccccc2)cc1. The summed E-state index contributed by atoms with van der Waals surface area (Å²) in [4.78, 5) is 17.7. The van der Waals surface area contributed by atoms with E-state index in [4.69, 9.17) is 4.74 Å². The predicted octanol–water partition coefficient (Wildman–Crippen LogP) is 6.81. The molecule has 5 aromatic rings. The van der Waals surface area contributed by atoms with Crippen molar-refractivity contribution in [2.24, 2.45) is 0 Å². The summed E-state index contributed by atoms with van der Waals surface area (Å²) >= 11 is 3.07. The minimum atomic E-state index is -0.0132. The van der Waals surface area contributed by atoms with Crippen LogP contribution in [-0.2, 0) is 11.3 Å². The average molecular weight is 552 g/mol. The Kier molecular flexibility index (Phi) is 7.25. The van der Waals surface area contributed by atoms with Gasteiger partial charge in [0, 0.05) is 21.2 Å². The van der Waals surface area contributed by atoms with Gasteiger partial charge in [0.25, 0.3) is 0 Å². The highest BCUT2D eigenvalue weighted by atomic mass is 32.2. The summed E-state index contributed by atoms with van der Waals surface area (Å²) in [6.07, 6.45) is 0. The molecule has 0 bridgehead atoms. The first-order valence-electron chi connectivity index (χ1n) is 12.4. The number of para-hydroxylation sites is 3. The molecule has 0 radical (unpaired) electrons. The highest BCUT2D eigenvalue weighted by Crippen LogP contribution is 2.48. The van der Waals surface area contributed by atoms with Crippen LogP contribution in [0.15, 0.2) is 118 Å².